The van der Waals surface area contributed by atoms with E-state index in [2.05, 4.69) is 4.90 Å². The van der Waals surface area contributed by atoms with Crippen molar-refractivity contribution in [3.8, 4) is 0 Å². The van der Waals surface area contributed by atoms with Gasteiger partial charge in [-0.25, -0.2) is 8.42 Å². The van der Waals surface area contributed by atoms with Gasteiger partial charge in [-0.3, -0.25) is 4.79 Å². The molecule has 0 aromatic heterocycles. The first kappa shape index (κ1) is 16.1. The molecule has 1 saturated heterocycles. The van der Waals surface area contributed by atoms with E-state index in [-0.39, 0.29) is 11.8 Å². The van der Waals surface area contributed by atoms with Gasteiger partial charge in [-0.1, -0.05) is 0 Å². The van der Waals surface area contributed by atoms with Gasteiger partial charge in [0.05, 0.1) is 16.5 Å². The zero-order chi connectivity index (χ0) is 17.1. The Bertz CT molecular complexity index is 798. The van der Waals surface area contributed by atoms with E-state index in [1.165, 1.54) is 0 Å². The smallest absolute Gasteiger partial charge is 0.243 e. The molecule has 1 fully saturated rings. The van der Waals surface area contributed by atoms with Crippen molar-refractivity contribution in [2.75, 3.05) is 44.7 Å². The molecule has 1 aromatic carbocycles. The maximum absolute atomic E-state index is 13.1. The lowest BCUT2D eigenvalue weighted by Crippen LogP contribution is -2.47. The van der Waals surface area contributed by atoms with E-state index in [0.29, 0.717) is 18.0 Å². The number of hydrogen-bond donors (Lipinski definition) is 0. The fourth-order valence-corrected chi connectivity index (χ4v) is 5.50. The van der Waals surface area contributed by atoms with Gasteiger partial charge in [-0.2, -0.15) is 4.31 Å². The van der Waals surface area contributed by atoms with Crippen molar-refractivity contribution >= 4 is 21.6 Å². The van der Waals surface area contributed by atoms with Gasteiger partial charge >= 0.3 is 0 Å². The highest BCUT2D eigenvalue weighted by molar-refractivity contribution is 7.89. The van der Waals surface area contributed by atoms with Gasteiger partial charge in [-0.05, 0) is 50.1 Å². The van der Waals surface area contributed by atoms with Crippen LogP contribution >= 0.6 is 0 Å². The first-order chi connectivity index (χ1) is 11.4. The van der Waals surface area contributed by atoms with E-state index in [1.807, 2.05) is 18.9 Å². The molecule has 1 atom stereocenters. The second-order valence-electron chi connectivity index (χ2n) is 7.04. The number of anilines is 1. The molecule has 7 heteroatoms. The highest BCUT2D eigenvalue weighted by atomic mass is 32.2. The van der Waals surface area contributed by atoms with Crippen LogP contribution in [0.5, 0.6) is 0 Å². The summed E-state index contributed by atoms with van der Waals surface area (Å²) in [4.78, 5) is 16.8. The molecule has 0 aliphatic carbocycles. The van der Waals surface area contributed by atoms with E-state index in [9.17, 15) is 13.2 Å². The molecule has 3 heterocycles. The molecule has 3 aliphatic rings. The lowest BCUT2D eigenvalue weighted by Gasteiger charge is -2.32. The van der Waals surface area contributed by atoms with E-state index < -0.39 is 10.0 Å². The molecular weight excluding hydrogens is 326 g/mol. The molecule has 0 N–H and O–H groups in total. The summed E-state index contributed by atoms with van der Waals surface area (Å²) in [5.74, 6) is -0.153. The minimum Gasteiger partial charge on any atom is -0.311 e. The molecule has 4 rings (SSSR count). The standard InChI is InChI=1S/C17H23N3O3S/c1-12-15-11-14(24(22,23)19-8-6-18(2)7-9-19)10-13-4-3-5-20(16(13)15)17(12)21/h10-12H,3-9H2,1-2H3/t12-/m0/s1. The van der Waals surface area contributed by atoms with Crippen molar-refractivity contribution in [3.05, 3.63) is 23.3 Å². The average molecular weight is 349 g/mol. The van der Waals surface area contributed by atoms with Crippen LogP contribution < -0.4 is 4.90 Å². The van der Waals surface area contributed by atoms with E-state index in [1.54, 1.807) is 16.4 Å². The first-order valence-electron chi connectivity index (χ1n) is 8.56. The van der Waals surface area contributed by atoms with Crippen LogP contribution in [-0.2, 0) is 21.2 Å². The molecule has 0 saturated carbocycles. The second-order valence-corrected chi connectivity index (χ2v) is 8.98. The maximum atomic E-state index is 13.1. The minimum atomic E-state index is -3.50. The number of rotatable bonds is 2. The molecule has 3 aliphatic heterocycles. The second kappa shape index (κ2) is 5.54. The Balaban J connectivity index is 1.77. The molecule has 130 valence electrons. The monoisotopic (exact) mass is 349 g/mol. The van der Waals surface area contributed by atoms with Crippen LogP contribution in [0.1, 0.15) is 30.4 Å². The number of hydrogen-bond acceptors (Lipinski definition) is 4. The summed E-state index contributed by atoms with van der Waals surface area (Å²) < 4.78 is 27.7. The van der Waals surface area contributed by atoms with Crippen molar-refractivity contribution in [2.24, 2.45) is 0 Å². The molecule has 0 spiro atoms. The number of sulfonamides is 1. The van der Waals surface area contributed by atoms with Crippen molar-refractivity contribution in [3.63, 3.8) is 0 Å². The zero-order valence-corrected chi connectivity index (χ0v) is 15.0. The van der Waals surface area contributed by atoms with Crippen LogP contribution in [0.2, 0.25) is 0 Å². The molecule has 6 nitrogen and oxygen atoms in total. The van der Waals surface area contributed by atoms with Crippen molar-refractivity contribution < 1.29 is 13.2 Å². The molecule has 24 heavy (non-hydrogen) atoms. The lowest BCUT2D eigenvalue weighted by molar-refractivity contribution is -0.119. The zero-order valence-electron chi connectivity index (χ0n) is 14.2. The SMILES string of the molecule is C[C@@H]1C(=O)N2CCCc3cc(S(=O)(=O)N4CCN(C)CC4)cc1c32. The number of nitrogens with zero attached hydrogens (tertiary/aromatic N) is 3. The van der Waals surface area contributed by atoms with Crippen LogP contribution in [0.25, 0.3) is 0 Å². The summed E-state index contributed by atoms with van der Waals surface area (Å²) in [6.07, 6.45) is 1.73. The third kappa shape index (κ3) is 2.29. The van der Waals surface area contributed by atoms with Crippen LogP contribution in [0.4, 0.5) is 5.69 Å². The van der Waals surface area contributed by atoms with Gasteiger partial charge in [0.25, 0.3) is 0 Å². The van der Waals surface area contributed by atoms with Crippen molar-refractivity contribution in [2.45, 2.75) is 30.6 Å². The molecule has 1 amide bonds. The van der Waals surface area contributed by atoms with E-state index >= 15 is 0 Å². The minimum absolute atomic E-state index is 0.0973. The van der Waals surface area contributed by atoms with E-state index in [4.69, 9.17) is 0 Å². The van der Waals surface area contributed by atoms with Crippen LogP contribution in [0.15, 0.2) is 17.0 Å². The number of carbonyl (C=O) groups excluding carboxylic acids is 1. The third-order valence-corrected chi connectivity index (χ3v) is 7.37. The number of aryl methyl sites for hydroxylation is 1. The Hall–Kier alpha value is -1.44. The van der Waals surface area contributed by atoms with Crippen molar-refractivity contribution in [1.29, 1.82) is 0 Å². The summed E-state index contributed by atoms with van der Waals surface area (Å²) in [6, 6.07) is 3.53. The topological polar surface area (TPSA) is 60.9 Å². The Morgan fingerprint density at radius 3 is 2.50 bits per heavy atom. The predicted octanol–water partition coefficient (Wildman–Crippen LogP) is 1.02. The highest BCUT2D eigenvalue weighted by Crippen LogP contribution is 2.44. The fraction of sp³-hybridized carbons (Fsp3) is 0.588. The summed E-state index contributed by atoms with van der Waals surface area (Å²) >= 11 is 0. The molecule has 0 unspecified atom stereocenters. The van der Waals surface area contributed by atoms with Crippen LogP contribution in [0.3, 0.4) is 0 Å². The largest absolute Gasteiger partial charge is 0.311 e. The lowest BCUT2D eigenvalue weighted by atomic mass is 9.97. The van der Waals surface area contributed by atoms with E-state index in [0.717, 1.165) is 49.3 Å². The first-order valence-corrected chi connectivity index (χ1v) is 10.0. The number of likely N-dealkylation sites (N-methyl/N-ethyl adjacent to an activating group) is 1. The maximum Gasteiger partial charge on any atom is 0.243 e. The van der Waals surface area contributed by atoms with Gasteiger partial charge in [0.15, 0.2) is 0 Å². The Morgan fingerprint density at radius 1 is 1.08 bits per heavy atom. The average Bonchev–Trinajstić information content (AvgIpc) is 2.82. The molecular formula is C17H23N3O3S. The highest BCUT2D eigenvalue weighted by Gasteiger charge is 2.39. The van der Waals surface area contributed by atoms with Gasteiger partial charge in [0.2, 0.25) is 15.9 Å². The van der Waals surface area contributed by atoms with Crippen molar-refractivity contribution in [1.82, 2.24) is 9.21 Å². The molecule has 1 aromatic rings. The van der Waals surface area contributed by atoms with Crippen LogP contribution in [-0.4, -0.2) is 63.3 Å². The predicted molar refractivity (Wildman–Crippen MR) is 91.8 cm³/mol. The number of piperazine rings is 1. The number of carbonyl (C=O) groups is 1. The quantitative estimate of drug-likeness (QED) is 0.800. The van der Waals surface area contributed by atoms with Gasteiger partial charge in [0, 0.05) is 32.7 Å². The van der Waals surface area contributed by atoms with Crippen LogP contribution in [0, 0.1) is 0 Å². The Morgan fingerprint density at radius 2 is 1.79 bits per heavy atom. The Labute approximate surface area is 143 Å². The van der Waals surface area contributed by atoms with Gasteiger partial charge in [0.1, 0.15) is 0 Å². The summed E-state index contributed by atoms with van der Waals surface area (Å²) in [5, 5.41) is 0. The Kier molecular flexibility index (Phi) is 3.71. The molecule has 0 bridgehead atoms. The normalized spacial score (nSPS) is 25.2. The van der Waals surface area contributed by atoms with Gasteiger partial charge < -0.3 is 9.80 Å². The summed E-state index contributed by atoms with van der Waals surface area (Å²) in [5.41, 5.74) is 2.85. The fourth-order valence-electron chi connectivity index (χ4n) is 3.99. The summed E-state index contributed by atoms with van der Waals surface area (Å²) in [6.45, 7) is 5.16. The molecule has 0 radical (unpaired) electrons. The summed E-state index contributed by atoms with van der Waals surface area (Å²) in [7, 11) is -1.49. The third-order valence-electron chi connectivity index (χ3n) is 5.49. The number of benzene rings is 1. The number of amides is 1. The van der Waals surface area contributed by atoms with Gasteiger partial charge in [-0.15, -0.1) is 0 Å².